The maximum atomic E-state index is 12.9. The first-order valence-corrected chi connectivity index (χ1v) is 10.4. The normalized spacial score (nSPS) is 18.8. The molecule has 0 saturated carbocycles. The van der Waals surface area contributed by atoms with Crippen LogP contribution in [0.1, 0.15) is 72.1 Å². The van der Waals surface area contributed by atoms with Crippen molar-refractivity contribution in [3.05, 3.63) is 45.2 Å². The molecule has 2 atom stereocenters. The van der Waals surface area contributed by atoms with Gasteiger partial charge in [-0.25, -0.2) is 0 Å². The van der Waals surface area contributed by atoms with E-state index in [-0.39, 0.29) is 29.5 Å². The highest BCUT2D eigenvalue weighted by Gasteiger charge is 2.33. The Balaban J connectivity index is 2.52. The summed E-state index contributed by atoms with van der Waals surface area (Å²) in [5.74, 6) is -0.829. The lowest BCUT2D eigenvalue weighted by molar-refractivity contribution is -0.118. The van der Waals surface area contributed by atoms with Gasteiger partial charge < -0.3 is 15.7 Å². The molecule has 0 spiro atoms. The summed E-state index contributed by atoms with van der Waals surface area (Å²) in [7, 11) is 0. The van der Waals surface area contributed by atoms with E-state index in [1.54, 1.807) is 0 Å². The fraction of sp³-hybridized carbons (Fsp3) is 0.500. The molecule has 1 aromatic carbocycles. The summed E-state index contributed by atoms with van der Waals surface area (Å²) >= 11 is 4.39. The maximum absolute atomic E-state index is 12.9. The first-order valence-electron chi connectivity index (χ1n) is 9.86. The largest absolute Gasteiger partial charge is 0.511 e. The molecule has 1 aromatic rings. The minimum absolute atomic E-state index is 0.0322. The van der Waals surface area contributed by atoms with E-state index < -0.39 is 11.2 Å². The van der Waals surface area contributed by atoms with Gasteiger partial charge in [-0.15, -0.1) is 0 Å². The van der Waals surface area contributed by atoms with E-state index in [0.717, 1.165) is 27.8 Å². The number of amides is 1. The first kappa shape index (κ1) is 23.0. The summed E-state index contributed by atoms with van der Waals surface area (Å²) in [4.78, 5) is 29.8. The molecule has 2 rings (SSSR count). The second-order valence-corrected chi connectivity index (χ2v) is 7.94. The lowest BCUT2D eigenvalue weighted by atomic mass is 9.76. The number of oxime groups is 1. The van der Waals surface area contributed by atoms with Gasteiger partial charge in [0, 0.05) is 12.8 Å². The second kappa shape index (κ2) is 9.48. The van der Waals surface area contributed by atoms with Crippen molar-refractivity contribution in [3.63, 3.8) is 0 Å². The van der Waals surface area contributed by atoms with E-state index >= 15 is 0 Å². The molecule has 0 fully saturated rings. The molecule has 0 heterocycles. The monoisotopic (exact) mass is 418 g/mol. The molecule has 0 bridgehead atoms. The van der Waals surface area contributed by atoms with Gasteiger partial charge in [0.1, 0.15) is 17.6 Å². The van der Waals surface area contributed by atoms with E-state index in [2.05, 4.69) is 17.8 Å². The molecule has 3 N–H and O–H groups in total. The molecule has 6 nitrogen and oxygen atoms in total. The molecular weight excluding hydrogens is 388 g/mol. The molecule has 7 heteroatoms. The minimum Gasteiger partial charge on any atom is -0.511 e. The van der Waals surface area contributed by atoms with E-state index in [4.69, 9.17) is 10.6 Å². The summed E-state index contributed by atoms with van der Waals surface area (Å²) in [6, 6.07) is 1.98. The number of nitrogens with zero attached hydrogens (tertiary/aromatic N) is 1. The molecular formula is C22H30N2O4S. The Bertz CT molecular complexity index is 889. The molecule has 0 saturated heterocycles. The van der Waals surface area contributed by atoms with Crippen molar-refractivity contribution in [2.24, 2.45) is 10.9 Å². The average Bonchev–Trinajstić information content (AvgIpc) is 2.63. The number of benzene rings is 1. The average molecular weight is 419 g/mol. The van der Waals surface area contributed by atoms with Crippen LogP contribution < -0.4 is 5.73 Å². The lowest BCUT2D eigenvalue weighted by Crippen LogP contribution is -2.25. The number of aryl methyl sites for hydroxylation is 2. The fourth-order valence-electron chi connectivity index (χ4n) is 4.26. The molecule has 0 radical (unpaired) electrons. The highest BCUT2D eigenvalue weighted by atomic mass is 32.1. The number of nitrogens with two attached hydrogens (primary N) is 1. The summed E-state index contributed by atoms with van der Waals surface area (Å²) in [5.41, 5.74) is 10.8. The second-order valence-electron chi connectivity index (χ2n) is 7.43. The Hall–Kier alpha value is -2.28. The third-order valence-electron chi connectivity index (χ3n) is 5.41. The number of thiol groups is 1. The van der Waals surface area contributed by atoms with Gasteiger partial charge in [0.05, 0.1) is 11.3 Å². The van der Waals surface area contributed by atoms with Crippen LogP contribution in [0.15, 0.2) is 22.6 Å². The Labute approximate surface area is 177 Å². The van der Waals surface area contributed by atoms with Gasteiger partial charge >= 0.3 is 0 Å². The molecule has 29 heavy (non-hydrogen) atoms. The predicted molar refractivity (Wildman–Crippen MR) is 118 cm³/mol. The zero-order valence-electron chi connectivity index (χ0n) is 17.7. The van der Waals surface area contributed by atoms with Crippen molar-refractivity contribution in [1.82, 2.24) is 0 Å². The van der Waals surface area contributed by atoms with E-state index in [1.165, 1.54) is 0 Å². The van der Waals surface area contributed by atoms with Crippen molar-refractivity contribution < 1.29 is 19.5 Å². The van der Waals surface area contributed by atoms with Gasteiger partial charge in [-0.3, -0.25) is 9.59 Å². The van der Waals surface area contributed by atoms with Crippen molar-refractivity contribution in [1.29, 1.82) is 0 Å². The Kier molecular flexibility index (Phi) is 7.52. The highest BCUT2D eigenvalue weighted by molar-refractivity contribution is 7.81. The Morgan fingerprint density at radius 2 is 1.97 bits per heavy atom. The number of allylic oxidation sites excluding steroid dienone is 2. The predicted octanol–water partition coefficient (Wildman–Crippen LogP) is 4.13. The SMILES string of the molecule is CCON=C(CC)C1=C(O)CC(c2c(C)cc(C)c(C(S)C(N)=O)c2C)CC1=O. The van der Waals surface area contributed by atoms with Crippen LogP contribution in [0.5, 0.6) is 0 Å². The quantitative estimate of drug-likeness (QED) is 0.352. The lowest BCUT2D eigenvalue weighted by Gasteiger charge is -2.29. The van der Waals surface area contributed by atoms with Gasteiger partial charge in [0.2, 0.25) is 5.91 Å². The third kappa shape index (κ3) is 4.66. The molecule has 1 aliphatic carbocycles. The molecule has 1 amide bonds. The highest BCUT2D eigenvalue weighted by Crippen LogP contribution is 2.41. The maximum Gasteiger partial charge on any atom is 0.234 e. The number of aliphatic hydroxyl groups excluding tert-OH is 1. The van der Waals surface area contributed by atoms with Gasteiger partial charge in [-0.1, -0.05) is 18.1 Å². The summed E-state index contributed by atoms with van der Waals surface area (Å²) in [6.45, 7) is 9.89. The number of aliphatic hydroxyl groups is 1. The third-order valence-corrected chi connectivity index (χ3v) is 5.92. The van der Waals surface area contributed by atoms with Gasteiger partial charge in [0.25, 0.3) is 0 Å². The van der Waals surface area contributed by atoms with Crippen molar-refractivity contribution >= 4 is 30.0 Å². The number of primary amides is 1. The molecule has 158 valence electrons. The number of carbonyl (C=O) groups is 2. The topological polar surface area (TPSA) is 102 Å². The zero-order valence-corrected chi connectivity index (χ0v) is 18.6. The number of ketones is 1. The number of hydrogen-bond acceptors (Lipinski definition) is 6. The zero-order chi connectivity index (χ0) is 21.9. The van der Waals surface area contributed by atoms with E-state index in [0.29, 0.717) is 25.2 Å². The van der Waals surface area contributed by atoms with Crippen molar-refractivity contribution in [2.75, 3.05) is 6.61 Å². The van der Waals surface area contributed by atoms with Crippen LogP contribution in [-0.2, 0) is 14.4 Å². The van der Waals surface area contributed by atoms with Gasteiger partial charge in [-0.05, 0) is 67.9 Å². The fourth-order valence-corrected chi connectivity index (χ4v) is 4.66. The van der Waals surface area contributed by atoms with Crippen molar-refractivity contribution in [3.8, 4) is 0 Å². The summed E-state index contributed by atoms with van der Waals surface area (Å²) < 4.78 is 0. The standard InChI is InChI=1S/C22H30N2O4S/c1-6-15(24-28-7-2)20-16(25)9-14(10-17(20)26)18-11(3)8-12(4)19(13(18)5)21(29)22(23)27/h8,14,21,25,29H,6-7,9-10H2,1-5H3,(H2,23,27). The van der Waals surface area contributed by atoms with Crippen LogP contribution in [0.2, 0.25) is 0 Å². The molecule has 0 aliphatic heterocycles. The van der Waals surface area contributed by atoms with Gasteiger partial charge in [-0.2, -0.15) is 12.6 Å². The van der Waals surface area contributed by atoms with E-state index in [1.807, 2.05) is 40.7 Å². The van der Waals surface area contributed by atoms with Crippen LogP contribution in [-0.4, -0.2) is 29.1 Å². The van der Waals surface area contributed by atoms with E-state index in [9.17, 15) is 14.7 Å². The number of carbonyl (C=O) groups excluding carboxylic acids is 2. The summed E-state index contributed by atoms with van der Waals surface area (Å²) in [5, 5.41) is 14.0. The molecule has 1 aliphatic rings. The van der Waals surface area contributed by atoms with Crippen LogP contribution in [0.4, 0.5) is 0 Å². The Morgan fingerprint density at radius 3 is 2.48 bits per heavy atom. The Morgan fingerprint density at radius 1 is 1.31 bits per heavy atom. The minimum atomic E-state index is -0.724. The van der Waals surface area contributed by atoms with Crippen LogP contribution in [0.25, 0.3) is 0 Å². The van der Waals surface area contributed by atoms with Crippen LogP contribution in [0.3, 0.4) is 0 Å². The molecule has 2 unspecified atom stereocenters. The van der Waals surface area contributed by atoms with Crippen LogP contribution in [0, 0.1) is 20.8 Å². The first-order chi connectivity index (χ1) is 13.6. The van der Waals surface area contributed by atoms with Gasteiger partial charge in [0.15, 0.2) is 5.78 Å². The van der Waals surface area contributed by atoms with Crippen LogP contribution >= 0.6 is 12.6 Å². The summed E-state index contributed by atoms with van der Waals surface area (Å²) in [6.07, 6.45) is 1.06. The number of Topliss-reactive ketones (excluding diaryl/α,β-unsaturated/α-hetero) is 1. The van der Waals surface area contributed by atoms with Crippen molar-refractivity contribution in [2.45, 2.75) is 65.0 Å². The number of hydrogen-bond donors (Lipinski definition) is 3. The smallest absolute Gasteiger partial charge is 0.234 e. The number of rotatable bonds is 7. The molecule has 0 aromatic heterocycles.